The van der Waals surface area contributed by atoms with Gasteiger partial charge < -0.3 is 19.9 Å². The van der Waals surface area contributed by atoms with E-state index in [0.717, 1.165) is 5.56 Å². The number of rotatable bonds is 8. The van der Waals surface area contributed by atoms with E-state index in [0.29, 0.717) is 27.8 Å². The molecule has 1 heterocycles. The van der Waals surface area contributed by atoms with E-state index in [1.54, 1.807) is 48.0 Å². The summed E-state index contributed by atoms with van der Waals surface area (Å²) in [4.78, 5) is 36.2. The van der Waals surface area contributed by atoms with E-state index in [2.05, 4.69) is 25.6 Å². The van der Waals surface area contributed by atoms with Crippen molar-refractivity contribution in [1.29, 1.82) is 0 Å². The summed E-state index contributed by atoms with van der Waals surface area (Å²) in [6, 6.07) is 13.8. The van der Waals surface area contributed by atoms with Crippen LogP contribution in [0.1, 0.15) is 32.1 Å². The summed E-state index contributed by atoms with van der Waals surface area (Å²) in [5.74, 6) is -0.259. The van der Waals surface area contributed by atoms with Crippen molar-refractivity contribution in [3.8, 4) is 0 Å². The van der Waals surface area contributed by atoms with Crippen LogP contribution >= 0.6 is 11.8 Å². The van der Waals surface area contributed by atoms with Gasteiger partial charge in [0.25, 0.3) is 5.91 Å². The Labute approximate surface area is 189 Å². The van der Waals surface area contributed by atoms with Crippen molar-refractivity contribution < 1.29 is 19.1 Å². The highest BCUT2D eigenvalue weighted by molar-refractivity contribution is 7.99. The van der Waals surface area contributed by atoms with Gasteiger partial charge in [-0.2, -0.15) is 0 Å². The van der Waals surface area contributed by atoms with Gasteiger partial charge in [0.15, 0.2) is 11.0 Å². The van der Waals surface area contributed by atoms with E-state index in [4.69, 9.17) is 0 Å². The number of benzene rings is 2. The first-order valence-corrected chi connectivity index (χ1v) is 10.7. The molecule has 166 valence electrons. The van der Waals surface area contributed by atoms with Crippen LogP contribution in [0.25, 0.3) is 0 Å². The van der Waals surface area contributed by atoms with Crippen LogP contribution in [-0.2, 0) is 23.1 Å². The summed E-state index contributed by atoms with van der Waals surface area (Å²) in [5.41, 5.74) is 2.50. The van der Waals surface area contributed by atoms with Crippen LogP contribution < -0.4 is 10.6 Å². The summed E-state index contributed by atoms with van der Waals surface area (Å²) in [6.45, 7) is 2.17. The molecule has 0 saturated heterocycles. The number of hydrogen-bond donors (Lipinski definition) is 2. The second-order valence-corrected chi connectivity index (χ2v) is 7.86. The number of thioether (sulfide) groups is 1. The molecule has 3 aromatic rings. The number of aryl methyl sites for hydroxylation is 1. The van der Waals surface area contributed by atoms with Gasteiger partial charge in [0.1, 0.15) is 0 Å². The molecule has 2 N–H and O–H groups in total. The van der Waals surface area contributed by atoms with Crippen LogP contribution in [0.15, 0.2) is 53.7 Å². The van der Waals surface area contributed by atoms with Gasteiger partial charge in [-0.05, 0) is 37.3 Å². The molecule has 0 unspecified atom stereocenters. The monoisotopic (exact) mass is 453 g/mol. The number of anilines is 1. The number of esters is 1. The van der Waals surface area contributed by atoms with E-state index in [-0.39, 0.29) is 24.1 Å². The van der Waals surface area contributed by atoms with Gasteiger partial charge in [-0.1, -0.05) is 35.5 Å². The van der Waals surface area contributed by atoms with E-state index in [9.17, 15) is 14.4 Å². The minimum atomic E-state index is -0.475. The first kappa shape index (κ1) is 23.0. The highest BCUT2D eigenvalue weighted by atomic mass is 32.2. The molecule has 9 nitrogen and oxygen atoms in total. The molecule has 1 aromatic heterocycles. The molecule has 0 fully saturated rings. The molecule has 0 bridgehead atoms. The van der Waals surface area contributed by atoms with Gasteiger partial charge in [-0.3, -0.25) is 9.59 Å². The maximum atomic E-state index is 12.3. The number of nitrogens with one attached hydrogen (secondary N) is 2. The average Bonchev–Trinajstić information content (AvgIpc) is 3.15. The lowest BCUT2D eigenvalue weighted by atomic mass is 10.1. The van der Waals surface area contributed by atoms with E-state index < -0.39 is 5.97 Å². The van der Waals surface area contributed by atoms with Crippen LogP contribution in [0, 0.1) is 6.92 Å². The molecule has 32 heavy (non-hydrogen) atoms. The van der Waals surface area contributed by atoms with Crippen molar-refractivity contribution in [1.82, 2.24) is 20.1 Å². The van der Waals surface area contributed by atoms with Crippen molar-refractivity contribution in [2.24, 2.45) is 7.05 Å². The standard InChI is InChI=1S/C22H23N5O4S/c1-14-7-9-15(10-8-14)20(29)23-12-18-25-26-22(27(18)2)32-13-19(28)24-17-6-4-5-16(11-17)21(30)31-3/h4-11H,12-13H2,1-3H3,(H,23,29)(H,24,28). The molecule has 0 radical (unpaired) electrons. The summed E-state index contributed by atoms with van der Waals surface area (Å²) in [6.07, 6.45) is 0. The minimum absolute atomic E-state index is 0.101. The summed E-state index contributed by atoms with van der Waals surface area (Å²) < 4.78 is 6.41. The average molecular weight is 454 g/mol. The number of nitrogens with zero attached hydrogens (tertiary/aromatic N) is 3. The number of aromatic nitrogens is 3. The largest absolute Gasteiger partial charge is 0.465 e. The predicted molar refractivity (Wildman–Crippen MR) is 120 cm³/mol. The van der Waals surface area contributed by atoms with Crippen LogP contribution in [0.4, 0.5) is 5.69 Å². The van der Waals surface area contributed by atoms with Gasteiger partial charge in [-0.15, -0.1) is 10.2 Å². The van der Waals surface area contributed by atoms with Crippen molar-refractivity contribution >= 4 is 35.2 Å². The number of amides is 2. The third-order valence-electron chi connectivity index (χ3n) is 4.55. The number of methoxy groups -OCH3 is 1. The normalized spacial score (nSPS) is 10.5. The van der Waals surface area contributed by atoms with Crippen molar-refractivity contribution in [3.05, 3.63) is 71.0 Å². The molecule has 2 aromatic carbocycles. The quantitative estimate of drug-likeness (QED) is 0.398. The zero-order chi connectivity index (χ0) is 23.1. The highest BCUT2D eigenvalue weighted by Crippen LogP contribution is 2.17. The van der Waals surface area contributed by atoms with Crippen LogP contribution in [0.2, 0.25) is 0 Å². The molecule has 3 rings (SSSR count). The van der Waals surface area contributed by atoms with Crippen LogP contribution in [-0.4, -0.2) is 45.4 Å². The lowest BCUT2D eigenvalue weighted by Crippen LogP contribution is -2.24. The Balaban J connectivity index is 1.52. The van der Waals surface area contributed by atoms with Gasteiger partial charge in [-0.25, -0.2) is 4.79 Å². The van der Waals surface area contributed by atoms with Crippen molar-refractivity contribution in [2.45, 2.75) is 18.6 Å². The smallest absolute Gasteiger partial charge is 0.337 e. The lowest BCUT2D eigenvalue weighted by Gasteiger charge is -2.07. The Bertz CT molecular complexity index is 1130. The second-order valence-electron chi connectivity index (χ2n) is 6.92. The van der Waals surface area contributed by atoms with Gasteiger partial charge in [0.05, 0.1) is 25.0 Å². The Kier molecular flexibility index (Phi) is 7.61. The summed E-state index contributed by atoms with van der Waals surface area (Å²) >= 11 is 1.22. The number of ether oxygens (including phenoxy) is 1. The first-order chi connectivity index (χ1) is 15.4. The first-order valence-electron chi connectivity index (χ1n) is 9.71. The molecule has 0 saturated carbocycles. The lowest BCUT2D eigenvalue weighted by molar-refractivity contribution is -0.113. The van der Waals surface area contributed by atoms with Gasteiger partial charge in [0.2, 0.25) is 5.91 Å². The molecule has 0 aliphatic rings. The Hall–Kier alpha value is -3.66. The Morgan fingerprint density at radius 1 is 1.06 bits per heavy atom. The fourth-order valence-corrected chi connectivity index (χ4v) is 3.49. The van der Waals surface area contributed by atoms with Crippen LogP contribution in [0.3, 0.4) is 0 Å². The molecule has 0 aliphatic heterocycles. The topological polar surface area (TPSA) is 115 Å². The van der Waals surface area contributed by atoms with Gasteiger partial charge in [0, 0.05) is 18.3 Å². The van der Waals surface area contributed by atoms with Crippen molar-refractivity contribution in [3.63, 3.8) is 0 Å². The fraction of sp³-hybridized carbons (Fsp3) is 0.227. The maximum Gasteiger partial charge on any atom is 0.337 e. The highest BCUT2D eigenvalue weighted by Gasteiger charge is 2.14. The Morgan fingerprint density at radius 2 is 1.81 bits per heavy atom. The third-order valence-corrected chi connectivity index (χ3v) is 5.57. The number of hydrogen-bond acceptors (Lipinski definition) is 7. The Morgan fingerprint density at radius 3 is 2.53 bits per heavy atom. The molecular formula is C22H23N5O4S. The van der Waals surface area contributed by atoms with E-state index >= 15 is 0 Å². The van der Waals surface area contributed by atoms with Gasteiger partial charge >= 0.3 is 5.97 Å². The molecule has 10 heteroatoms. The molecule has 0 aliphatic carbocycles. The number of carbonyl (C=O) groups is 3. The third kappa shape index (κ3) is 5.94. The second kappa shape index (κ2) is 10.6. The number of carbonyl (C=O) groups excluding carboxylic acids is 3. The molecule has 0 atom stereocenters. The summed E-state index contributed by atoms with van der Waals surface area (Å²) in [7, 11) is 3.07. The predicted octanol–water partition coefficient (Wildman–Crippen LogP) is 2.57. The molecule has 0 spiro atoms. The fourth-order valence-electron chi connectivity index (χ4n) is 2.76. The van der Waals surface area contributed by atoms with Crippen molar-refractivity contribution in [2.75, 3.05) is 18.2 Å². The van der Waals surface area contributed by atoms with Crippen LogP contribution in [0.5, 0.6) is 0 Å². The zero-order valence-corrected chi connectivity index (χ0v) is 18.7. The van der Waals surface area contributed by atoms with E-state index in [1.807, 2.05) is 19.1 Å². The summed E-state index contributed by atoms with van der Waals surface area (Å²) in [5, 5.41) is 14.3. The maximum absolute atomic E-state index is 12.3. The molecule has 2 amide bonds. The zero-order valence-electron chi connectivity index (χ0n) is 17.9. The van der Waals surface area contributed by atoms with E-state index in [1.165, 1.54) is 18.9 Å². The SMILES string of the molecule is COC(=O)c1cccc(NC(=O)CSc2nnc(CNC(=O)c3ccc(C)cc3)n2C)c1. The molecular weight excluding hydrogens is 430 g/mol. The minimum Gasteiger partial charge on any atom is -0.465 e.